The molecule has 1 fully saturated rings. The predicted octanol–water partition coefficient (Wildman–Crippen LogP) is 1.40. The van der Waals surface area contributed by atoms with Crippen molar-refractivity contribution in [2.45, 2.75) is 70.7 Å². The molecule has 210 valence electrons. The van der Waals surface area contributed by atoms with Crippen LogP contribution < -0.4 is 22.1 Å². The molecule has 0 aliphatic carbocycles. The highest BCUT2D eigenvalue weighted by atomic mass is 19.1. The standard InChI is InChI=1S/C26H39FN6O5/c1-3-17(2)22(32-26(37)38-16-18-9-5-4-6-10-18)24(36)33-14-8-12-20(33)23(35)31-19(21(34)15-27)11-7-13-30-25(28)29/h4-6,9-10,17,19-20,22H,3,7-8,11-16H2,1-2H3,(H,31,35)(H,32,37)(H4,28,29,30)/t17-,19-,20-,22-/m0/s1. The van der Waals surface area contributed by atoms with Crippen molar-refractivity contribution in [3.8, 4) is 0 Å². The molecule has 12 heteroatoms. The molecule has 0 unspecified atom stereocenters. The fourth-order valence-corrected chi connectivity index (χ4v) is 4.23. The number of hydrogen-bond acceptors (Lipinski definition) is 6. The first kappa shape index (κ1) is 30.5. The Bertz CT molecular complexity index is 972. The zero-order valence-corrected chi connectivity index (χ0v) is 22.0. The number of hydrogen-bond donors (Lipinski definition) is 4. The average Bonchev–Trinajstić information content (AvgIpc) is 3.41. The summed E-state index contributed by atoms with van der Waals surface area (Å²) in [6.45, 7) is 3.09. The van der Waals surface area contributed by atoms with E-state index in [0.29, 0.717) is 32.2 Å². The predicted molar refractivity (Wildman–Crippen MR) is 141 cm³/mol. The monoisotopic (exact) mass is 534 g/mol. The molecule has 0 radical (unpaired) electrons. The van der Waals surface area contributed by atoms with Crippen LogP contribution in [0.3, 0.4) is 0 Å². The Kier molecular flexibility index (Phi) is 12.5. The number of amides is 3. The van der Waals surface area contributed by atoms with Gasteiger partial charge < -0.3 is 31.7 Å². The Hall–Kier alpha value is -3.70. The number of alkyl carbamates (subject to hydrolysis) is 1. The molecule has 0 spiro atoms. The maximum Gasteiger partial charge on any atom is 0.408 e. The number of guanidine groups is 1. The smallest absolute Gasteiger partial charge is 0.408 e. The van der Waals surface area contributed by atoms with Crippen molar-refractivity contribution < 1.29 is 28.3 Å². The van der Waals surface area contributed by atoms with Crippen LogP contribution in [-0.4, -0.2) is 72.4 Å². The summed E-state index contributed by atoms with van der Waals surface area (Å²) in [5.41, 5.74) is 11.4. The van der Waals surface area contributed by atoms with Gasteiger partial charge in [0, 0.05) is 13.1 Å². The summed E-state index contributed by atoms with van der Waals surface area (Å²) in [6.07, 6.45) is 1.32. The summed E-state index contributed by atoms with van der Waals surface area (Å²) < 4.78 is 18.4. The largest absolute Gasteiger partial charge is 0.445 e. The maximum absolute atomic E-state index is 13.5. The van der Waals surface area contributed by atoms with Crippen LogP contribution in [0.25, 0.3) is 0 Å². The molecular formula is C26H39FN6O5. The lowest BCUT2D eigenvalue weighted by molar-refractivity contribution is -0.141. The summed E-state index contributed by atoms with van der Waals surface area (Å²) in [5.74, 6) is -2.04. The van der Waals surface area contributed by atoms with Crippen LogP contribution in [0.2, 0.25) is 0 Å². The highest BCUT2D eigenvalue weighted by Gasteiger charge is 2.40. The number of ether oxygens (including phenoxy) is 1. The minimum Gasteiger partial charge on any atom is -0.445 e. The van der Waals surface area contributed by atoms with Crippen molar-refractivity contribution >= 4 is 29.7 Å². The van der Waals surface area contributed by atoms with Gasteiger partial charge in [-0.2, -0.15) is 0 Å². The van der Waals surface area contributed by atoms with Crippen molar-refractivity contribution in [2.75, 3.05) is 19.8 Å². The normalized spacial score (nSPS) is 17.1. The zero-order chi connectivity index (χ0) is 28.1. The first-order valence-corrected chi connectivity index (χ1v) is 12.9. The van der Waals surface area contributed by atoms with Gasteiger partial charge in [-0.1, -0.05) is 50.6 Å². The molecule has 38 heavy (non-hydrogen) atoms. The lowest BCUT2D eigenvalue weighted by Gasteiger charge is -2.31. The Morgan fingerprint density at radius 2 is 1.89 bits per heavy atom. The molecule has 2 rings (SSSR count). The van der Waals surface area contributed by atoms with Crippen molar-refractivity contribution in [1.82, 2.24) is 15.5 Å². The Morgan fingerprint density at radius 1 is 1.18 bits per heavy atom. The minimum absolute atomic E-state index is 0.0516. The second-order valence-electron chi connectivity index (χ2n) is 9.37. The summed E-state index contributed by atoms with van der Waals surface area (Å²) in [7, 11) is 0. The van der Waals surface area contributed by atoms with E-state index >= 15 is 0 Å². The van der Waals surface area contributed by atoms with Crippen LogP contribution in [0.15, 0.2) is 35.3 Å². The van der Waals surface area contributed by atoms with Gasteiger partial charge in [-0.25, -0.2) is 9.18 Å². The second kappa shape index (κ2) is 15.5. The number of nitrogens with two attached hydrogens (primary N) is 2. The fourth-order valence-electron chi connectivity index (χ4n) is 4.23. The average molecular weight is 535 g/mol. The summed E-state index contributed by atoms with van der Waals surface area (Å²) in [5, 5.41) is 5.26. The molecule has 1 saturated heterocycles. The molecule has 3 amide bonds. The Labute approximate surface area is 222 Å². The third-order valence-electron chi connectivity index (χ3n) is 6.59. The van der Waals surface area contributed by atoms with E-state index < -0.39 is 48.5 Å². The number of benzene rings is 1. The molecule has 0 aromatic heterocycles. The van der Waals surface area contributed by atoms with E-state index in [1.807, 2.05) is 44.2 Å². The number of Topliss-reactive ketones (excluding diaryl/α,β-unsaturated/α-hetero) is 1. The molecular weight excluding hydrogens is 495 g/mol. The molecule has 1 aliphatic heterocycles. The van der Waals surface area contributed by atoms with Crippen LogP contribution in [0.4, 0.5) is 9.18 Å². The molecule has 1 aliphatic rings. The van der Waals surface area contributed by atoms with Crippen molar-refractivity contribution in [3.05, 3.63) is 35.9 Å². The number of nitrogens with one attached hydrogen (secondary N) is 2. The molecule has 6 N–H and O–H groups in total. The zero-order valence-electron chi connectivity index (χ0n) is 22.0. The number of nitrogens with zero attached hydrogens (tertiary/aromatic N) is 2. The molecule has 1 aromatic rings. The van der Waals surface area contributed by atoms with Gasteiger partial charge in [-0.05, 0) is 37.2 Å². The van der Waals surface area contributed by atoms with Gasteiger partial charge in [-0.3, -0.25) is 19.4 Å². The van der Waals surface area contributed by atoms with Crippen molar-refractivity contribution in [2.24, 2.45) is 22.4 Å². The highest BCUT2D eigenvalue weighted by Crippen LogP contribution is 2.22. The van der Waals surface area contributed by atoms with E-state index in [4.69, 9.17) is 16.2 Å². The van der Waals surface area contributed by atoms with Crippen molar-refractivity contribution in [1.29, 1.82) is 0 Å². The van der Waals surface area contributed by atoms with Crippen LogP contribution in [-0.2, 0) is 25.7 Å². The quantitative estimate of drug-likeness (QED) is 0.159. The van der Waals surface area contributed by atoms with E-state index in [0.717, 1.165) is 5.56 Å². The van der Waals surface area contributed by atoms with E-state index in [1.54, 1.807) is 0 Å². The number of aliphatic imine (C=N–C) groups is 1. The third-order valence-corrected chi connectivity index (χ3v) is 6.59. The summed E-state index contributed by atoms with van der Waals surface area (Å²) >= 11 is 0. The van der Waals surface area contributed by atoms with Gasteiger partial charge in [0.25, 0.3) is 0 Å². The van der Waals surface area contributed by atoms with E-state index in [-0.39, 0.29) is 31.4 Å². The lowest BCUT2D eigenvalue weighted by Crippen LogP contribution is -2.57. The first-order valence-electron chi connectivity index (χ1n) is 12.9. The van der Waals surface area contributed by atoms with Crippen LogP contribution >= 0.6 is 0 Å². The van der Waals surface area contributed by atoms with Crippen molar-refractivity contribution in [3.63, 3.8) is 0 Å². The molecule has 11 nitrogen and oxygen atoms in total. The lowest BCUT2D eigenvalue weighted by atomic mass is 9.97. The topological polar surface area (TPSA) is 169 Å². The molecule has 4 atom stereocenters. The number of rotatable bonds is 14. The van der Waals surface area contributed by atoms with Gasteiger partial charge in [0.05, 0.1) is 6.04 Å². The number of carbonyl (C=O) groups is 4. The van der Waals surface area contributed by atoms with E-state index in [9.17, 15) is 23.6 Å². The number of alkyl halides is 1. The van der Waals surface area contributed by atoms with Gasteiger partial charge in [0.1, 0.15) is 25.4 Å². The summed E-state index contributed by atoms with van der Waals surface area (Å²) in [6, 6.07) is 6.34. The number of ketones is 1. The SMILES string of the molecule is CC[C@H](C)[C@H](NC(=O)OCc1ccccc1)C(=O)N1CCC[C@H]1C(=O)N[C@@H](CCCN=C(N)N)C(=O)CF. The molecule has 1 heterocycles. The van der Waals surface area contributed by atoms with Gasteiger partial charge in [0.15, 0.2) is 11.7 Å². The van der Waals surface area contributed by atoms with Gasteiger partial charge in [0.2, 0.25) is 11.8 Å². The van der Waals surface area contributed by atoms with Crippen LogP contribution in [0.5, 0.6) is 0 Å². The van der Waals surface area contributed by atoms with Gasteiger partial charge in [-0.15, -0.1) is 0 Å². The maximum atomic E-state index is 13.5. The van der Waals surface area contributed by atoms with E-state index in [2.05, 4.69) is 15.6 Å². The summed E-state index contributed by atoms with van der Waals surface area (Å²) in [4.78, 5) is 56.5. The molecule has 0 bridgehead atoms. The minimum atomic E-state index is -1.23. The fraction of sp³-hybridized carbons (Fsp3) is 0.577. The van der Waals surface area contributed by atoms with Gasteiger partial charge >= 0.3 is 6.09 Å². The third kappa shape index (κ3) is 9.31. The Morgan fingerprint density at radius 3 is 2.53 bits per heavy atom. The number of carbonyl (C=O) groups excluding carboxylic acids is 4. The Balaban J connectivity index is 2.05. The highest BCUT2D eigenvalue weighted by molar-refractivity contribution is 5.95. The molecule has 0 saturated carbocycles. The first-order chi connectivity index (χ1) is 18.2. The van der Waals surface area contributed by atoms with Crippen LogP contribution in [0.1, 0.15) is 51.5 Å². The van der Waals surface area contributed by atoms with E-state index in [1.165, 1.54) is 4.90 Å². The number of halogens is 1. The second-order valence-corrected chi connectivity index (χ2v) is 9.37. The molecule has 1 aromatic carbocycles. The van der Waals surface area contributed by atoms with Crippen LogP contribution in [0, 0.1) is 5.92 Å². The number of likely N-dealkylation sites (tertiary alicyclic amines) is 1.